The fraction of sp³-hybridized carbons (Fsp3) is 0.222. The number of hydrogen-bond donors (Lipinski definition) is 0. The molecule has 0 atom stereocenters. The van der Waals surface area contributed by atoms with Crippen molar-refractivity contribution in [2.45, 2.75) is 31.3 Å². The van der Waals surface area contributed by atoms with Crippen molar-refractivity contribution in [2.75, 3.05) is 13.7 Å². The van der Waals surface area contributed by atoms with Crippen LogP contribution in [0.15, 0.2) is 83.8 Å². The number of nitrogens with zero attached hydrogens (tertiary/aromatic N) is 1. The Labute approximate surface area is 201 Å². The van der Waals surface area contributed by atoms with Crippen LogP contribution in [-0.2, 0) is 14.8 Å². The lowest BCUT2D eigenvalue weighted by atomic mass is 10.1. The Balaban J connectivity index is 1.90. The van der Waals surface area contributed by atoms with Crippen molar-refractivity contribution in [1.29, 1.82) is 0 Å². The minimum absolute atomic E-state index is 0.0304. The van der Waals surface area contributed by atoms with Gasteiger partial charge in [0.05, 0.1) is 12.0 Å². The molecule has 3 rings (SSSR count). The summed E-state index contributed by atoms with van der Waals surface area (Å²) in [4.78, 5) is 12.8. The molecule has 0 unspecified atom stereocenters. The van der Waals surface area contributed by atoms with E-state index in [2.05, 4.69) is 11.8 Å². The molecule has 1 amide bonds. The molecular weight excluding hydrogens is 450 g/mol. The molecule has 0 spiro atoms. The van der Waals surface area contributed by atoms with Crippen LogP contribution in [0.2, 0.25) is 0 Å². The second kappa shape index (κ2) is 10.4. The van der Waals surface area contributed by atoms with Gasteiger partial charge in [-0.1, -0.05) is 54.3 Å². The number of carbonyl (C=O) groups excluding carboxylic acids is 1. The number of rotatable bonds is 5. The van der Waals surface area contributed by atoms with Gasteiger partial charge in [0, 0.05) is 5.56 Å². The van der Waals surface area contributed by atoms with E-state index in [4.69, 9.17) is 9.47 Å². The summed E-state index contributed by atoms with van der Waals surface area (Å²) in [6.45, 7) is 4.69. The lowest BCUT2D eigenvalue weighted by Gasteiger charge is -2.25. The van der Waals surface area contributed by atoms with Gasteiger partial charge in [0.1, 0.15) is 17.9 Å². The number of ether oxygens (including phenoxy) is 2. The summed E-state index contributed by atoms with van der Waals surface area (Å²) in [5.41, 5.74) is 1.58. The quantitative estimate of drug-likeness (QED) is 0.464. The molecular formula is C27H27NO5S. The summed E-state index contributed by atoms with van der Waals surface area (Å²) in [6, 6.07) is 22.9. The first-order chi connectivity index (χ1) is 16.1. The van der Waals surface area contributed by atoms with E-state index in [-0.39, 0.29) is 11.4 Å². The van der Waals surface area contributed by atoms with E-state index < -0.39 is 21.7 Å². The lowest BCUT2D eigenvalue weighted by molar-refractivity contribution is 0.0406. The van der Waals surface area contributed by atoms with Gasteiger partial charge in [-0.2, -0.15) is 4.31 Å². The van der Waals surface area contributed by atoms with Crippen molar-refractivity contribution >= 4 is 16.1 Å². The molecule has 0 bridgehead atoms. The van der Waals surface area contributed by atoms with Crippen molar-refractivity contribution in [2.24, 2.45) is 0 Å². The van der Waals surface area contributed by atoms with Gasteiger partial charge in [0.15, 0.2) is 0 Å². The van der Waals surface area contributed by atoms with Crippen LogP contribution in [0.25, 0.3) is 11.1 Å². The molecule has 0 saturated heterocycles. The molecule has 6 nitrogen and oxygen atoms in total. The van der Waals surface area contributed by atoms with E-state index in [9.17, 15) is 13.2 Å². The maximum atomic E-state index is 13.4. The van der Waals surface area contributed by atoms with Gasteiger partial charge in [-0.3, -0.25) is 0 Å². The second-order valence-electron chi connectivity index (χ2n) is 8.41. The molecule has 0 saturated carbocycles. The highest BCUT2D eigenvalue weighted by molar-refractivity contribution is 7.89. The summed E-state index contributed by atoms with van der Waals surface area (Å²) in [5, 5.41) is 0. The van der Waals surface area contributed by atoms with Crippen LogP contribution in [-0.4, -0.2) is 38.1 Å². The zero-order valence-electron chi connectivity index (χ0n) is 19.6. The summed E-state index contributed by atoms with van der Waals surface area (Å²) < 4.78 is 37.9. The predicted molar refractivity (Wildman–Crippen MR) is 132 cm³/mol. The van der Waals surface area contributed by atoms with Crippen LogP contribution in [0.4, 0.5) is 4.79 Å². The Hall–Kier alpha value is -3.76. The zero-order chi connectivity index (χ0) is 24.8. The third-order valence-corrected chi connectivity index (χ3v) is 6.42. The van der Waals surface area contributed by atoms with Crippen LogP contribution >= 0.6 is 0 Å². The first-order valence-corrected chi connectivity index (χ1v) is 12.1. The Morgan fingerprint density at radius 1 is 0.882 bits per heavy atom. The monoisotopic (exact) mass is 477 g/mol. The molecule has 7 heteroatoms. The van der Waals surface area contributed by atoms with Gasteiger partial charge in [-0.05, 0) is 68.3 Å². The molecule has 0 radical (unpaired) electrons. The fourth-order valence-electron chi connectivity index (χ4n) is 3.03. The first kappa shape index (κ1) is 24.9. The fourth-order valence-corrected chi connectivity index (χ4v) is 4.23. The number of hydrogen-bond acceptors (Lipinski definition) is 5. The molecule has 0 aromatic heterocycles. The largest absolute Gasteiger partial charge is 0.497 e. The van der Waals surface area contributed by atoms with Gasteiger partial charge in [-0.25, -0.2) is 13.2 Å². The molecule has 3 aromatic carbocycles. The number of benzene rings is 3. The highest BCUT2D eigenvalue weighted by Crippen LogP contribution is 2.25. The molecule has 0 heterocycles. The van der Waals surface area contributed by atoms with Gasteiger partial charge < -0.3 is 9.47 Å². The molecule has 3 aromatic rings. The minimum atomic E-state index is -4.20. The maximum Gasteiger partial charge on any atom is 0.425 e. The van der Waals surface area contributed by atoms with E-state index in [0.717, 1.165) is 16.9 Å². The van der Waals surface area contributed by atoms with Crippen molar-refractivity contribution in [1.82, 2.24) is 4.31 Å². The third kappa shape index (κ3) is 6.40. The highest BCUT2D eigenvalue weighted by Gasteiger charge is 2.32. The number of carbonyl (C=O) groups is 1. The summed E-state index contributed by atoms with van der Waals surface area (Å²) in [6.07, 6.45) is -0.978. The van der Waals surface area contributed by atoms with Crippen molar-refractivity contribution in [3.63, 3.8) is 0 Å². The Bertz CT molecular complexity index is 1280. The van der Waals surface area contributed by atoms with Gasteiger partial charge >= 0.3 is 6.09 Å². The van der Waals surface area contributed by atoms with Crippen LogP contribution in [0.1, 0.15) is 26.3 Å². The maximum absolute atomic E-state index is 13.4. The smallest absolute Gasteiger partial charge is 0.425 e. The van der Waals surface area contributed by atoms with Crippen LogP contribution in [0.3, 0.4) is 0 Å². The van der Waals surface area contributed by atoms with Crippen LogP contribution < -0.4 is 4.74 Å². The van der Waals surface area contributed by atoms with E-state index >= 15 is 0 Å². The zero-order valence-corrected chi connectivity index (χ0v) is 20.4. The van der Waals surface area contributed by atoms with Crippen LogP contribution in [0, 0.1) is 11.8 Å². The number of methoxy groups -OCH3 is 1. The average molecular weight is 478 g/mol. The molecule has 0 aliphatic rings. The number of amides is 1. The molecule has 0 aliphatic carbocycles. The van der Waals surface area contributed by atoms with Crippen molar-refractivity contribution in [3.05, 3.63) is 84.4 Å². The van der Waals surface area contributed by atoms with Gasteiger partial charge in [0.25, 0.3) is 10.0 Å². The van der Waals surface area contributed by atoms with Gasteiger partial charge in [-0.15, -0.1) is 0 Å². The lowest BCUT2D eigenvalue weighted by Crippen LogP contribution is -2.41. The van der Waals surface area contributed by atoms with E-state index in [0.29, 0.717) is 9.87 Å². The Morgan fingerprint density at radius 3 is 1.97 bits per heavy atom. The van der Waals surface area contributed by atoms with Crippen LogP contribution in [0.5, 0.6) is 5.75 Å². The average Bonchev–Trinajstić information content (AvgIpc) is 2.81. The summed E-state index contributed by atoms with van der Waals surface area (Å²) in [7, 11) is -2.61. The summed E-state index contributed by atoms with van der Waals surface area (Å²) in [5.74, 6) is 6.39. The summed E-state index contributed by atoms with van der Waals surface area (Å²) >= 11 is 0. The minimum Gasteiger partial charge on any atom is -0.497 e. The second-order valence-corrected chi connectivity index (χ2v) is 10.3. The number of sulfonamides is 1. The van der Waals surface area contributed by atoms with E-state index in [1.54, 1.807) is 52.1 Å². The molecule has 0 fully saturated rings. The predicted octanol–water partition coefficient (Wildman–Crippen LogP) is 5.34. The first-order valence-electron chi connectivity index (χ1n) is 10.6. The highest BCUT2D eigenvalue weighted by atomic mass is 32.2. The Morgan fingerprint density at radius 2 is 1.44 bits per heavy atom. The standard InChI is InChI=1S/C27H27NO5S/c1-27(2,3)33-26(29)28(20-8-11-21-9-6-5-7-10-21)34(30,31)25-18-14-23(15-19-25)22-12-16-24(32-4)17-13-22/h5-7,9-10,12-19H,20H2,1-4H3. The van der Waals surface area contributed by atoms with Gasteiger partial charge in [0.2, 0.25) is 0 Å². The molecule has 0 aliphatic heterocycles. The third-order valence-electron chi connectivity index (χ3n) is 4.69. The molecule has 176 valence electrons. The topological polar surface area (TPSA) is 72.9 Å². The van der Waals surface area contributed by atoms with Crippen molar-refractivity contribution < 1.29 is 22.7 Å². The molecule has 34 heavy (non-hydrogen) atoms. The Kier molecular flexibility index (Phi) is 7.64. The SMILES string of the molecule is COc1ccc(-c2ccc(S(=O)(=O)N(CC#Cc3ccccc3)C(=O)OC(C)(C)C)cc2)cc1. The normalized spacial score (nSPS) is 11.2. The van der Waals surface area contributed by atoms with E-state index in [1.807, 2.05) is 42.5 Å². The molecule has 0 N–H and O–H groups in total. The van der Waals surface area contributed by atoms with Crippen molar-refractivity contribution in [3.8, 4) is 28.7 Å². The van der Waals surface area contributed by atoms with E-state index in [1.165, 1.54) is 12.1 Å².